The number of nitrogens with zero attached hydrogens (tertiary/aromatic N) is 2. The van der Waals surface area contributed by atoms with Gasteiger partial charge in [0.15, 0.2) is 0 Å². The summed E-state index contributed by atoms with van der Waals surface area (Å²) < 4.78 is 0. The summed E-state index contributed by atoms with van der Waals surface area (Å²) in [4.78, 5) is 11.9. The number of aryl methyl sites for hydroxylation is 2. The van der Waals surface area contributed by atoms with Gasteiger partial charge in [0, 0.05) is 0 Å². The molecule has 0 fully saturated rings. The largest absolute Gasteiger partial charge is 0.507 e. The summed E-state index contributed by atoms with van der Waals surface area (Å²) in [5, 5.41) is 21.0. The van der Waals surface area contributed by atoms with Crippen molar-refractivity contribution in [2.24, 2.45) is 0 Å². The Kier molecular flexibility index (Phi) is 3.06. The maximum absolute atomic E-state index is 11.9. The van der Waals surface area contributed by atoms with Gasteiger partial charge in [-0.1, -0.05) is 23.0 Å². The third-order valence-electron chi connectivity index (χ3n) is 2.14. The van der Waals surface area contributed by atoms with Crippen LogP contribution in [0.15, 0.2) is 18.2 Å². The first-order chi connectivity index (χ1) is 8.06. The van der Waals surface area contributed by atoms with Crippen LogP contribution in [-0.2, 0) is 0 Å². The number of carbonyl (C=O) groups excluding carboxylic acids is 1. The third-order valence-corrected chi connectivity index (χ3v) is 2.90. The SMILES string of the molecule is Cc1ccc(O)c(C(=O)Nc2nnc(C)s2)c1. The highest BCUT2D eigenvalue weighted by Crippen LogP contribution is 2.21. The van der Waals surface area contributed by atoms with Gasteiger partial charge in [0.25, 0.3) is 5.91 Å². The molecule has 1 heterocycles. The number of aromatic hydroxyl groups is 1. The van der Waals surface area contributed by atoms with Crippen LogP contribution in [0.3, 0.4) is 0 Å². The van der Waals surface area contributed by atoms with Gasteiger partial charge in [0.2, 0.25) is 5.13 Å². The van der Waals surface area contributed by atoms with E-state index in [1.807, 2.05) is 6.92 Å². The van der Waals surface area contributed by atoms with Gasteiger partial charge in [0.1, 0.15) is 10.8 Å². The molecular formula is C11H11N3O2S. The van der Waals surface area contributed by atoms with E-state index in [1.54, 1.807) is 19.1 Å². The lowest BCUT2D eigenvalue weighted by Crippen LogP contribution is -2.12. The van der Waals surface area contributed by atoms with Gasteiger partial charge in [-0.2, -0.15) is 0 Å². The Labute approximate surface area is 102 Å². The fraction of sp³-hybridized carbons (Fsp3) is 0.182. The Balaban J connectivity index is 2.22. The molecule has 1 amide bonds. The van der Waals surface area contributed by atoms with Crippen molar-refractivity contribution in [3.63, 3.8) is 0 Å². The van der Waals surface area contributed by atoms with Crippen LogP contribution in [0.25, 0.3) is 0 Å². The molecule has 0 atom stereocenters. The monoisotopic (exact) mass is 249 g/mol. The van der Waals surface area contributed by atoms with E-state index in [0.29, 0.717) is 5.13 Å². The molecule has 0 bridgehead atoms. The molecule has 1 aromatic heterocycles. The van der Waals surface area contributed by atoms with Crippen LogP contribution < -0.4 is 5.32 Å². The van der Waals surface area contributed by atoms with Gasteiger partial charge >= 0.3 is 0 Å². The zero-order chi connectivity index (χ0) is 12.4. The fourth-order valence-electron chi connectivity index (χ4n) is 1.34. The topological polar surface area (TPSA) is 75.1 Å². The van der Waals surface area contributed by atoms with Gasteiger partial charge in [-0.25, -0.2) is 0 Å². The highest BCUT2D eigenvalue weighted by molar-refractivity contribution is 7.15. The van der Waals surface area contributed by atoms with E-state index in [4.69, 9.17) is 0 Å². The molecule has 0 radical (unpaired) electrons. The lowest BCUT2D eigenvalue weighted by Gasteiger charge is -2.04. The zero-order valence-corrected chi connectivity index (χ0v) is 10.2. The second kappa shape index (κ2) is 4.50. The summed E-state index contributed by atoms with van der Waals surface area (Å²) in [5.74, 6) is -0.434. The molecular weight excluding hydrogens is 238 g/mol. The molecule has 0 aliphatic rings. The van der Waals surface area contributed by atoms with E-state index >= 15 is 0 Å². The Morgan fingerprint density at radius 3 is 2.76 bits per heavy atom. The van der Waals surface area contributed by atoms with Crippen LogP contribution in [0.1, 0.15) is 20.9 Å². The molecule has 0 saturated heterocycles. The van der Waals surface area contributed by atoms with Gasteiger partial charge in [0.05, 0.1) is 5.56 Å². The number of anilines is 1. The number of carbonyl (C=O) groups is 1. The van der Waals surface area contributed by atoms with Crippen molar-refractivity contribution in [3.8, 4) is 5.75 Å². The van der Waals surface area contributed by atoms with Gasteiger partial charge < -0.3 is 5.11 Å². The predicted octanol–water partition coefficient (Wildman–Crippen LogP) is 2.11. The number of amides is 1. The summed E-state index contributed by atoms with van der Waals surface area (Å²) >= 11 is 1.28. The molecule has 0 aliphatic heterocycles. The molecule has 5 nitrogen and oxygen atoms in total. The molecule has 88 valence electrons. The Morgan fingerprint density at radius 2 is 2.12 bits per heavy atom. The molecule has 0 aliphatic carbocycles. The minimum absolute atomic E-state index is 0.0469. The average Bonchev–Trinajstić information content (AvgIpc) is 2.67. The molecule has 2 aromatic rings. The molecule has 2 rings (SSSR count). The van der Waals surface area contributed by atoms with Gasteiger partial charge in [-0.3, -0.25) is 10.1 Å². The summed E-state index contributed by atoms with van der Waals surface area (Å²) in [5.41, 5.74) is 1.14. The van der Waals surface area contributed by atoms with E-state index in [1.165, 1.54) is 17.4 Å². The quantitative estimate of drug-likeness (QED) is 0.854. The van der Waals surface area contributed by atoms with Crippen LogP contribution in [-0.4, -0.2) is 21.2 Å². The van der Waals surface area contributed by atoms with Crippen molar-refractivity contribution in [2.75, 3.05) is 5.32 Å². The molecule has 0 unspecified atom stereocenters. The summed E-state index contributed by atoms with van der Waals surface area (Å²) in [7, 11) is 0. The summed E-state index contributed by atoms with van der Waals surface area (Å²) in [6.45, 7) is 3.66. The predicted molar refractivity (Wildman–Crippen MR) is 65.4 cm³/mol. The molecule has 0 spiro atoms. The number of aromatic nitrogens is 2. The van der Waals surface area contributed by atoms with Crippen molar-refractivity contribution < 1.29 is 9.90 Å². The second-order valence-electron chi connectivity index (χ2n) is 3.60. The Bertz CT molecular complexity index is 566. The standard InChI is InChI=1S/C11H11N3O2S/c1-6-3-4-9(15)8(5-6)10(16)12-11-14-13-7(2)17-11/h3-5,15H,1-2H3,(H,12,14,16). The zero-order valence-electron chi connectivity index (χ0n) is 9.39. The molecule has 2 N–H and O–H groups in total. The van der Waals surface area contributed by atoms with Crippen LogP contribution in [0.5, 0.6) is 5.75 Å². The van der Waals surface area contributed by atoms with Crippen LogP contribution >= 0.6 is 11.3 Å². The number of hydrogen-bond acceptors (Lipinski definition) is 5. The number of nitrogens with one attached hydrogen (secondary N) is 1. The lowest BCUT2D eigenvalue weighted by atomic mass is 10.1. The first kappa shape index (κ1) is 11.5. The molecule has 17 heavy (non-hydrogen) atoms. The first-order valence-electron chi connectivity index (χ1n) is 4.97. The fourth-order valence-corrected chi connectivity index (χ4v) is 1.93. The normalized spacial score (nSPS) is 10.2. The maximum Gasteiger partial charge on any atom is 0.261 e. The molecule has 1 aromatic carbocycles. The summed E-state index contributed by atoms with van der Waals surface area (Å²) in [6.07, 6.45) is 0. The molecule has 0 saturated carbocycles. The maximum atomic E-state index is 11.9. The van der Waals surface area contributed by atoms with Crippen molar-refractivity contribution in [2.45, 2.75) is 13.8 Å². The van der Waals surface area contributed by atoms with E-state index in [2.05, 4.69) is 15.5 Å². The first-order valence-corrected chi connectivity index (χ1v) is 5.79. The summed E-state index contributed by atoms with van der Waals surface area (Å²) in [6, 6.07) is 4.86. The smallest absolute Gasteiger partial charge is 0.261 e. The number of rotatable bonds is 2. The van der Waals surface area contributed by atoms with Crippen LogP contribution in [0.4, 0.5) is 5.13 Å². The van der Waals surface area contributed by atoms with E-state index in [-0.39, 0.29) is 17.2 Å². The van der Waals surface area contributed by atoms with Crippen molar-refractivity contribution in [1.82, 2.24) is 10.2 Å². The highest BCUT2D eigenvalue weighted by atomic mass is 32.1. The second-order valence-corrected chi connectivity index (χ2v) is 4.78. The Hall–Kier alpha value is -1.95. The number of benzene rings is 1. The van der Waals surface area contributed by atoms with Crippen LogP contribution in [0.2, 0.25) is 0 Å². The van der Waals surface area contributed by atoms with Crippen molar-refractivity contribution in [1.29, 1.82) is 0 Å². The van der Waals surface area contributed by atoms with E-state index in [9.17, 15) is 9.90 Å². The molecule has 6 heteroatoms. The minimum atomic E-state index is -0.387. The van der Waals surface area contributed by atoms with Crippen molar-refractivity contribution >= 4 is 22.4 Å². The average molecular weight is 249 g/mol. The number of phenolic OH excluding ortho intramolecular Hbond substituents is 1. The van der Waals surface area contributed by atoms with Gasteiger partial charge in [-0.05, 0) is 26.0 Å². The van der Waals surface area contributed by atoms with E-state index < -0.39 is 0 Å². The number of hydrogen-bond donors (Lipinski definition) is 2. The van der Waals surface area contributed by atoms with Crippen LogP contribution in [0, 0.1) is 13.8 Å². The van der Waals surface area contributed by atoms with Gasteiger partial charge in [-0.15, -0.1) is 10.2 Å². The van der Waals surface area contributed by atoms with E-state index in [0.717, 1.165) is 10.6 Å². The lowest BCUT2D eigenvalue weighted by molar-refractivity contribution is 0.102. The third kappa shape index (κ3) is 2.59. The number of phenols is 1. The minimum Gasteiger partial charge on any atom is -0.507 e. The highest BCUT2D eigenvalue weighted by Gasteiger charge is 2.13. The van der Waals surface area contributed by atoms with Crippen molar-refractivity contribution in [3.05, 3.63) is 34.3 Å². The Morgan fingerprint density at radius 1 is 1.35 bits per heavy atom.